The van der Waals surface area contributed by atoms with Crippen molar-refractivity contribution in [3.63, 3.8) is 0 Å². The van der Waals surface area contributed by atoms with Gasteiger partial charge in [0.05, 0.1) is 0 Å². The van der Waals surface area contributed by atoms with E-state index in [1.165, 1.54) is 0 Å². The van der Waals surface area contributed by atoms with Gasteiger partial charge in [-0.1, -0.05) is 114 Å². The Balaban J connectivity index is 0.000000705. The molecule has 7 rings (SSSR count). The number of rotatable bonds is 5. The second-order valence-electron chi connectivity index (χ2n) is 12.8. The van der Waals surface area contributed by atoms with E-state index in [-0.39, 0.29) is 0 Å². The molecule has 1 aromatic heterocycles. The van der Waals surface area contributed by atoms with Gasteiger partial charge < -0.3 is 0 Å². The third kappa shape index (κ3) is 39.5. The summed E-state index contributed by atoms with van der Waals surface area (Å²) in [5.74, 6) is 1.35. The van der Waals surface area contributed by atoms with Crippen molar-refractivity contribution in [2.24, 2.45) is 0 Å². The van der Waals surface area contributed by atoms with Crippen LogP contribution in [-0.2, 0) is 18.1 Å². The molecule has 0 atom stereocenters. The Bertz CT molecular complexity index is 2850. The number of fused-ring (bicyclic) bond motifs is 1. The fourth-order valence-corrected chi connectivity index (χ4v) is 5.55. The summed E-state index contributed by atoms with van der Waals surface area (Å²) in [6.45, 7) is 0. The van der Waals surface area contributed by atoms with Crippen LogP contribution in [0, 0.1) is 0 Å². The first-order valence-corrected chi connectivity index (χ1v) is 58.1. The van der Waals surface area contributed by atoms with Crippen molar-refractivity contribution < 1.29 is 63.1 Å². The van der Waals surface area contributed by atoms with Gasteiger partial charge in [0.15, 0.2) is 5.82 Å². The number of hydrogen-bond donors (Lipinski definition) is 12. The van der Waals surface area contributed by atoms with Crippen molar-refractivity contribution in [3.05, 3.63) is 150 Å². The van der Waals surface area contributed by atoms with Crippen LogP contribution in [0.4, 0.5) is 0 Å². The Labute approximate surface area is 469 Å². The normalized spacial score (nSPS) is 11.4. The number of hydrogen-bond acceptors (Lipinski definition) is 8. The zero-order valence-corrected chi connectivity index (χ0v) is 56.5. The zero-order chi connectivity index (χ0) is 55.5. The SMILES string of the molecule is Clc1cc(-c2ccccc2)cc(-c2nc(-c3cc(Cl)cc(-c4ccccc4)c3)[o+]c(-c3ccc4ccccc4c3)n2)c1.[O]=[Sb]([OH])([OH])[Cl].[O]=[Sb]([OH])([OH])[Cl].[O]=[Sb]([OH])([OH])[Cl].[O]=[Sb]([OH])([OH])[Cl].[O]=[Sb]([OH])([OH])[Cl].[O]=[Sb]([OH])([OH])[Cl]. The van der Waals surface area contributed by atoms with Crippen molar-refractivity contribution in [3.8, 4) is 56.6 Å². The molecular weight excluding hydrogens is 1790 g/mol. The van der Waals surface area contributed by atoms with E-state index in [9.17, 15) is 18.1 Å². The van der Waals surface area contributed by atoms with Gasteiger partial charge in [-0.05, 0) is 81.6 Å². The average Bonchev–Trinajstić information content (AvgIpc) is 3.20. The molecule has 0 unspecified atom stereocenters. The van der Waals surface area contributed by atoms with Crippen LogP contribution in [0.25, 0.3) is 67.3 Å². The monoisotopic (exact) mass is 1820 g/mol. The summed E-state index contributed by atoms with van der Waals surface area (Å²) in [6.07, 6.45) is 0. The van der Waals surface area contributed by atoms with E-state index < -0.39 is 111 Å². The molecule has 0 saturated carbocycles. The van der Waals surface area contributed by atoms with Gasteiger partial charge in [-0.3, -0.25) is 0 Å². The molecule has 0 bridgehead atoms. The van der Waals surface area contributed by atoms with Crippen LogP contribution in [0.3, 0.4) is 0 Å². The summed E-state index contributed by atoms with van der Waals surface area (Å²) in [7, 11) is 25.7. The number of aromatic nitrogens is 2. The maximum atomic E-state index is 9.18. The van der Waals surface area contributed by atoms with Crippen LogP contribution >= 0.6 is 76.2 Å². The first kappa shape index (κ1) is 70.2. The molecule has 35 heteroatoms. The summed E-state index contributed by atoms with van der Waals surface area (Å²) in [4.78, 5) is 9.83. The van der Waals surface area contributed by atoms with Gasteiger partial charge in [0, 0.05) is 15.6 Å². The molecule has 72 heavy (non-hydrogen) atoms. The quantitative estimate of drug-likeness (QED) is 0.0737. The van der Waals surface area contributed by atoms with E-state index in [0.717, 1.165) is 49.7 Å². The van der Waals surface area contributed by atoms with Crippen LogP contribution in [-0.4, -0.2) is 162 Å². The van der Waals surface area contributed by atoms with Crippen molar-refractivity contribution in [1.29, 1.82) is 0 Å². The molecule has 0 fully saturated rings. The van der Waals surface area contributed by atoms with E-state index in [0.29, 0.717) is 27.7 Å². The zero-order valence-electron chi connectivity index (χ0n) is 35.1. The molecular formula is C37H35Cl8N2O19Sb6+. The summed E-state index contributed by atoms with van der Waals surface area (Å²) in [5, 5.41) is 3.41. The van der Waals surface area contributed by atoms with E-state index in [1.807, 2.05) is 84.9 Å². The van der Waals surface area contributed by atoms with Gasteiger partial charge in [-0.25, -0.2) is 0 Å². The summed E-state index contributed by atoms with van der Waals surface area (Å²) in [6, 6.07) is 46.3. The van der Waals surface area contributed by atoms with E-state index in [4.69, 9.17) is 78.2 Å². The standard InChI is InChI=1S/C37H23Cl2N2O.6ClH.12H2O.6O.6Sb/c38-33-20-29(24-9-3-1-4-10-24)18-31(22-33)35-40-36(28-16-15-26-13-7-8-14-27(26)17-28)42-37(41-35)32-19-30(21-34(39)23-32)25-11-5-2-6-12-25;;;;;;;;;;;;;;;;;;;;;;;;;;;;;;/h1-23H;6*1H;12*1H2;;;;;;;;;;;;/q+1;;;;;;;;;;;;;;;;;;;;;;;;;6*+3/p-18. The summed E-state index contributed by atoms with van der Waals surface area (Å²) in [5.41, 5.74) is 6.42. The van der Waals surface area contributed by atoms with Gasteiger partial charge in [-0.15, -0.1) is 9.97 Å². The molecule has 0 spiro atoms. The minimum absolute atomic E-state index is 0.407. The predicted octanol–water partition coefficient (Wildman–Crippen LogP) is 5.60. The van der Waals surface area contributed by atoms with E-state index >= 15 is 0 Å². The van der Waals surface area contributed by atoms with Gasteiger partial charge in [0.1, 0.15) is 11.1 Å². The third-order valence-electron chi connectivity index (χ3n) is 7.12. The Hall–Kier alpha value is 0.139. The average molecular weight is 1830 g/mol. The van der Waals surface area contributed by atoms with E-state index in [2.05, 4.69) is 108 Å². The van der Waals surface area contributed by atoms with Gasteiger partial charge in [-0.2, -0.15) is 4.42 Å². The maximum absolute atomic E-state index is 9.18. The molecule has 12 N–H and O–H groups in total. The third-order valence-corrected chi connectivity index (χ3v) is 7.56. The number of benzene rings is 6. The fraction of sp³-hybridized carbons (Fsp3) is 0. The van der Waals surface area contributed by atoms with Crippen LogP contribution in [0.2, 0.25) is 10.0 Å². The first-order chi connectivity index (χ1) is 32.6. The topological polar surface area (TPSA) is 382 Å². The summed E-state index contributed by atoms with van der Waals surface area (Å²) >= 11 is -16.0. The second kappa shape index (κ2) is 32.3. The predicted molar refractivity (Wildman–Crippen MR) is 274 cm³/mol. The minimum atomic E-state index is -4.88. The molecule has 21 nitrogen and oxygen atoms in total. The molecule has 0 saturated heterocycles. The molecule has 7 aromatic rings. The Morgan fingerprint density at radius 2 is 0.611 bits per heavy atom. The van der Waals surface area contributed by atoms with Crippen molar-refractivity contribution in [1.82, 2.24) is 9.97 Å². The Morgan fingerprint density at radius 1 is 0.319 bits per heavy atom. The van der Waals surface area contributed by atoms with Gasteiger partial charge >= 0.3 is 234 Å². The molecule has 0 amide bonds. The molecule has 0 radical (unpaired) electrons. The van der Waals surface area contributed by atoms with Gasteiger partial charge in [0.2, 0.25) is 0 Å². The molecule has 0 aliphatic heterocycles. The Kier molecular flexibility index (Phi) is 31.4. The van der Waals surface area contributed by atoms with Crippen molar-refractivity contribution in [2.45, 2.75) is 0 Å². The molecule has 1 heterocycles. The second-order valence-corrected chi connectivity index (χ2v) is 47.6. The van der Waals surface area contributed by atoms with Crippen molar-refractivity contribution in [2.75, 3.05) is 0 Å². The molecule has 0 aliphatic carbocycles. The Morgan fingerprint density at radius 3 is 0.986 bits per heavy atom. The van der Waals surface area contributed by atoms with Crippen molar-refractivity contribution >= 4 is 198 Å². The van der Waals surface area contributed by atoms with Crippen LogP contribution in [0.5, 0.6) is 0 Å². The molecule has 392 valence electrons. The number of nitrogens with zero attached hydrogens (tertiary/aromatic N) is 2. The van der Waals surface area contributed by atoms with E-state index in [1.54, 1.807) is 0 Å². The number of halogens is 8. The fourth-order valence-electron chi connectivity index (χ4n) is 5.08. The molecule has 6 aromatic carbocycles. The van der Waals surface area contributed by atoms with Crippen LogP contribution in [0.1, 0.15) is 0 Å². The summed E-state index contributed by atoms with van der Waals surface area (Å²) < 4.78 is 151. The van der Waals surface area contributed by atoms with Crippen LogP contribution < -0.4 is 0 Å². The van der Waals surface area contributed by atoms with Gasteiger partial charge in [0.25, 0.3) is 0 Å². The first-order valence-electron chi connectivity index (χ1n) is 18.0. The van der Waals surface area contributed by atoms with Crippen LogP contribution in [0.15, 0.2) is 144 Å². The molecule has 0 aliphatic rings.